The first-order valence-corrected chi connectivity index (χ1v) is 5.25. The lowest BCUT2D eigenvalue weighted by Gasteiger charge is -2.16. The summed E-state index contributed by atoms with van der Waals surface area (Å²) in [6.45, 7) is 1.32. The normalized spacial score (nSPS) is 13.8. The molecule has 1 aromatic rings. The van der Waals surface area contributed by atoms with Gasteiger partial charge in [0.1, 0.15) is 0 Å². The number of hydrogen-bond donors (Lipinski definition) is 3. The van der Waals surface area contributed by atoms with E-state index in [1.807, 2.05) is 6.07 Å². The molecule has 1 rings (SSSR count). The van der Waals surface area contributed by atoms with Gasteiger partial charge in [0.25, 0.3) is 0 Å². The highest BCUT2D eigenvalue weighted by atomic mass is 16.4. The summed E-state index contributed by atoms with van der Waals surface area (Å²) in [4.78, 5) is 22.3. The molecule has 0 aliphatic carbocycles. The number of aliphatic hydroxyl groups excluding tert-OH is 1. The van der Waals surface area contributed by atoms with Gasteiger partial charge in [0.2, 0.25) is 5.91 Å². The van der Waals surface area contributed by atoms with E-state index < -0.39 is 24.0 Å². The van der Waals surface area contributed by atoms with E-state index in [0.29, 0.717) is 0 Å². The number of aliphatic hydroxyl groups is 1. The van der Waals surface area contributed by atoms with Crippen LogP contribution in [0.15, 0.2) is 30.3 Å². The molecule has 0 aliphatic rings. The van der Waals surface area contributed by atoms with Crippen LogP contribution in [0.4, 0.5) is 0 Å². The van der Waals surface area contributed by atoms with E-state index in [4.69, 9.17) is 5.11 Å². The summed E-state index contributed by atoms with van der Waals surface area (Å²) in [7, 11) is 0. The van der Waals surface area contributed by atoms with Crippen molar-refractivity contribution in [3.05, 3.63) is 35.9 Å². The zero-order chi connectivity index (χ0) is 12.8. The van der Waals surface area contributed by atoms with Crippen LogP contribution >= 0.6 is 0 Å². The first kappa shape index (κ1) is 13.2. The molecule has 17 heavy (non-hydrogen) atoms. The lowest BCUT2D eigenvalue weighted by atomic mass is 10.1. The highest BCUT2D eigenvalue weighted by molar-refractivity contribution is 5.85. The van der Waals surface area contributed by atoms with E-state index in [0.717, 1.165) is 5.56 Å². The Kier molecular flexibility index (Phi) is 4.66. The minimum absolute atomic E-state index is 0.0946. The van der Waals surface area contributed by atoms with Crippen molar-refractivity contribution in [2.75, 3.05) is 0 Å². The number of hydrogen-bond acceptors (Lipinski definition) is 3. The van der Waals surface area contributed by atoms with Crippen LogP contribution in [0.2, 0.25) is 0 Å². The Morgan fingerprint density at radius 1 is 1.29 bits per heavy atom. The number of carboxylic acids is 1. The minimum atomic E-state index is -1.27. The van der Waals surface area contributed by atoms with Gasteiger partial charge in [-0.1, -0.05) is 30.3 Å². The number of carbonyl (C=O) groups is 2. The van der Waals surface area contributed by atoms with Crippen molar-refractivity contribution in [1.82, 2.24) is 5.32 Å². The summed E-state index contributed by atoms with van der Waals surface area (Å²) in [5.41, 5.74) is 0.791. The Hall–Kier alpha value is -1.88. The molecule has 5 nitrogen and oxygen atoms in total. The first-order chi connectivity index (χ1) is 8.00. The summed E-state index contributed by atoms with van der Waals surface area (Å²) in [5.74, 6) is -1.68. The van der Waals surface area contributed by atoms with Gasteiger partial charge in [0.05, 0.1) is 12.5 Å². The maximum atomic E-state index is 11.5. The molecule has 0 fully saturated rings. The first-order valence-electron chi connectivity index (χ1n) is 5.25. The fraction of sp³-hybridized carbons (Fsp3) is 0.333. The van der Waals surface area contributed by atoms with Gasteiger partial charge >= 0.3 is 5.97 Å². The molecule has 0 spiro atoms. The van der Waals surface area contributed by atoms with Crippen molar-refractivity contribution >= 4 is 11.9 Å². The molecule has 0 saturated heterocycles. The Balaban J connectivity index is 2.57. The van der Waals surface area contributed by atoms with Gasteiger partial charge < -0.3 is 15.5 Å². The van der Waals surface area contributed by atoms with Crippen LogP contribution in [0.5, 0.6) is 0 Å². The fourth-order valence-corrected chi connectivity index (χ4v) is 1.39. The van der Waals surface area contributed by atoms with Crippen LogP contribution in [0.1, 0.15) is 12.5 Å². The third-order valence-electron chi connectivity index (χ3n) is 2.27. The second-order valence-electron chi connectivity index (χ2n) is 3.79. The maximum absolute atomic E-state index is 11.5. The van der Waals surface area contributed by atoms with Crippen molar-refractivity contribution in [2.45, 2.75) is 25.5 Å². The summed E-state index contributed by atoms with van der Waals surface area (Å²) in [5, 5.41) is 20.3. The van der Waals surface area contributed by atoms with E-state index >= 15 is 0 Å². The summed E-state index contributed by atoms with van der Waals surface area (Å²) >= 11 is 0. The molecule has 5 heteroatoms. The topological polar surface area (TPSA) is 86.6 Å². The number of carbonyl (C=O) groups excluding carboxylic acids is 1. The summed E-state index contributed by atoms with van der Waals surface area (Å²) in [6, 6.07) is 7.70. The number of amides is 1. The largest absolute Gasteiger partial charge is 0.480 e. The van der Waals surface area contributed by atoms with Crippen LogP contribution < -0.4 is 5.32 Å². The Morgan fingerprint density at radius 3 is 2.35 bits per heavy atom. The van der Waals surface area contributed by atoms with Gasteiger partial charge in [-0.3, -0.25) is 4.79 Å². The maximum Gasteiger partial charge on any atom is 0.328 e. The lowest BCUT2D eigenvalue weighted by Crippen LogP contribution is -2.48. The summed E-state index contributed by atoms with van der Waals surface area (Å²) < 4.78 is 0. The van der Waals surface area contributed by atoms with E-state index in [1.54, 1.807) is 24.3 Å². The Morgan fingerprint density at radius 2 is 1.88 bits per heavy atom. The average molecular weight is 237 g/mol. The van der Waals surface area contributed by atoms with Gasteiger partial charge in [-0.25, -0.2) is 4.79 Å². The third-order valence-corrected chi connectivity index (χ3v) is 2.27. The van der Waals surface area contributed by atoms with Crippen LogP contribution in [-0.4, -0.2) is 34.2 Å². The quantitative estimate of drug-likeness (QED) is 0.681. The Bertz CT molecular complexity index is 389. The monoisotopic (exact) mass is 237 g/mol. The van der Waals surface area contributed by atoms with Crippen molar-refractivity contribution in [2.24, 2.45) is 0 Å². The van der Waals surface area contributed by atoms with Gasteiger partial charge in [-0.2, -0.15) is 0 Å². The molecule has 2 unspecified atom stereocenters. The number of aliphatic carboxylic acids is 1. The molecular weight excluding hydrogens is 222 g/mol. The number of nitrogens with one attached hydrogen (secondary N) is 1. The minimum Gasteiger partial charge on any atom is -0.480 e. The molecule has 0 heterocycles. The van der Waals surface area contributed by atoms with E-state index in [9.17, 15) is 14.7 Å². The Labute approximate surface area is 99.1 Å². The molecule has 92 valence electrons. The molecular formula is C12H15NO4. The second kappa shape index (κ2) is 6.00. The molecule has 0 aliphatic heterocycles. The fourth-order valence-electron chi connectivity index (χ4n) is 1.39. The molecule has 2 atom stereocenters. The van der Waals surface area contributed by atoms with E-state index in [2.05, 4.69) is 5.32 Å². The van der Waals surface area contributed by atoms with Crippen molar-refractivity contribution in [3.8, 4) is 0 Å². The molecule has 3 N–H and O–H groups in total. The SMILES string of the molecule is CC(O)C(NC(=O)Cc1ccccc1)C(=O)O. The number of benzene rings is 1. The predicted molar refractivity (Wildman–Crippen MR) is 61.4 cm³/mol. The van der Waals surface area contributed by atoms with Gasteiger partial charge in [0.15, 0.2) is 6.04 Å². The van der Waals surface area contributed by atoms with Crippen LogP contribution in [0, 0.1) is 0 Å². The number of carboxylic acid groups (broad SMARTS) is 1. The highest BCUT2D eigenvalue weighted by Crippen LogP contribution is 2.00. The van der Waals surface area contributed by atoms with Crippen LogP contribution in [-0.2, 0) is 16.0 Å². The lowest BCUT2D eigenvalue weighted by molar-refractivity contribution is -0.144. The van der Waals surface area contributed by atoms with Gasteiger partial charge in [-0.15, -0.1) is 0 Å². The molecule has 0 bridgehead atoms. The van der Waals surface area contributed by atoms with E-state index in [1.165, 1.54) is 6.92 Å². The van der Waals surface area contributed by atoms with Gasteiger partial charge in [0, 0.05) is 0 Å². The van der Waals surface area contributed by atoms with Crippen LogP contribution in [0.25, 0.3) is 0 Å². The van der Waals surface area contributed by atoms with Gasteiger partial charge in [-0.05, 0) is 12.5 Å². The molecule has 0 saturated carbocycles. The number of rotatable bonds is 5. The average Bonchev–Trinajstić information content (AvgIpc) is 2.26. The molecule has 0 aromatic heterocycles. The standard InChI is InChI=1S/C12H15NO4/c1-8(14)11(12(16)17)13-10(15)7-9-5-3-2-4-6-9/h2-6,8,11,14H,7H2,1H3,(H,13,15)(H,16,17). The van der Waals surface area contributed by atoms with Crippen LogP contribution in [0.3, 0.4) is 0 Å². The zero-order valence-corrected chi connectivity index (χ0v) is 9.46. The molecule has 0 radical (unpaired) electrons. The highest BCUT2D eigenvalue weighted by Gasteiger charge is 2.24. The summed E-state index contributed by atoms with van der Waals surface area (Å²) in [6.07, 6.45) is -1.04. The van der Waals surface area contributed by atoms with Crippen molar-refractivity contribution < 1.29 is 19.8 Å². The molecule has 1 aromatic carbocycles. The van der Waals surface area contributed by atoms with Crippen molar-refractivity contribution in [1.29, 1.82) is 0 Å². The smallest absolute Gasteiger partial charge is 0.328 e. The predicted octanol–water partition coefficient (Wildman–Crippen LogP) is 0.179. The van der Waals surface area contributed by atoms with E-state index in [-0.39, 0.29) is 6.42 Å². The van der Waals surface area contributed by atoms with Crippen molar-refractivity contribution in [3.63, 3.8) is 0 Å². The third kappa shape index (κ3) is 4.24. The zero-order valence-electron chi connectivity index (χ0n) is 9.46. The second-order valence-corrected chi connectivity index (χ2v) is 3.79. The molecule has 1 amide bonds.